The fraction of sp³-hybridized carbons (Fsp3) is 0.273. The molecule has 0 radical (unpaired) electrons. The second-order valence-electron chi connectivity index (χ2n) is 3.15. The lowest BCUT2D eigenvalue weighted by molar-refractivity contribution is -0.422. The molecule has 0 fully saturated rings. The molecule has 0 saturated carbocycles. The summed E-state index contributed by atoms with van der Waals surface area (Å²) < 4.78 is 5.19. The van der Waals surface area contributed by atoms with Crippen LogP contribution in [0.15, 0.2) is 28.8 Å². The molecule has 1 aromatic rings. The first-order valence-corrected chi connectivity index (χ1v) is 5.85. The molecule has 0 spiro atoms. The Morgan fingerprint density at radius 2 is 2.25 bits per heavy atom. The van der Waals surface area contributed by atoms with Crippen molar-refractivity contribution in [2.45, 2.75) is 11.8 Å². The van der Waals surface area contributed by atoms with Gasteiger partial charge in [-0.1, -0.05) is 0 Å². The average Bonchev–Trinajstić information content (AvgIpc) is 2.29. The van der Waals surface area contributed by atoms with E-state index in [1.807, 2.05) is 24.5 Å². The molecule has 5 heteroatoms. The molecule has 86 valence electrons. The standard InChI is InChI=1S/C11H13NO3S/c1-8(12(13)14)6-9-4-5-10(16-3)7-11(9)15-2/h4-7H,1-3H3/b8-6-. The van der Waals surface area contributed by atoms with E-state index >= 15 is 0 Å². The molecule has 0 bridgehead atoms. The fourth-order valence-corrected chi connectivity index (χ4v) is 1.64. The van der Waals surface area contributed by atoms with Crippen LogP contribution in [-0.4, -0.2) is 18.3 Å². The molecule has 0 aliphatic carbocycles. The molecule has 0 aliphatic rings. The van der Waals surface area contributed by atoms with Gasteiger partial charge in [0.25, 0.3) is 0 Å². The van der Waals surface area contributed by atoms with Crippen LogP contribution in [0.4, 0.5) is 0 Å². The highest BCUT2D eigenvalue weighted by molar-refractivity contribution is 7.98. The summed E-state index contributed by atoms with van der Waals surface area (Å²) in [5.74, 6) is 0.646. The first kappa shape index (κ1) is 12.6. The number of hydrogen-bond donors (Lipinski definition) is 0. The van der Waals surface area contributed by atoms with Crippen LogP contribution in [0.5, 0.6) is 5.75 Å². The van der Waals surface area contributed by atoms with Crippen molar-refractivity contribution in [3.05, 3.63) is 39.6 Å². The Morgan fingerprint density at radius 3 is 2.75 bits per heavy atom. The highest BCUT2D eigenvalue weighted by Crippen LogP contribution is 2.26. The fourth-order valence-electron chi connectivity index (χ4n) is 1.22. The van der Waals surface area contributed by atoms with E-state index in [1.165, 1.54) is 13.0 Å². The minimum absolute atomic E-state index is 0.0928. The molecule has 0 unspecified atom stereocenters. The molecule has 0 aromatic heterocycles. The normalized spacial score (nSPS) is 11.3. The Morgan fingerprint density at radius 1 is 1.56 bits per heavy atom. The average molecular weight is 239 g/mol. The molecule has 0 atom stereocenters. The summed E-state index contributed by atoms with van der Waals surface area (Å²) in [4.78, 5) is 11.2. The molecule has 16 heavy (non-hydrogen) atoms. The van der Waals surface area contributed by atoms with Gasteiger partial charge in [-0.25, -0.2) is 0 Å². The summed E-state index contributed by atoms with van der Waals surface area (Å²) in [5, 5.41) is 10.5. The minimum atomic E-state index is -0.415. The van der Waals surface area contributed by atoms with Gasteiger partial charge in [-0.3, -0.25) is 10.1 Å². The number of thioether (sulfide) groups is 1. The zero-order valence-corrected chi connectivity index (χ0v) is 10.2. The van der Waals surface area contributed by atoms with Crippen molar-refractivity contribution in [1.82, 2.24) is 0 Å². The summed E-state index contributed by atoms with van der Waals surface area (Å²) in [7, 11) is 1.55. The Bertz CT molecular complexity index is 429. The van der Waals surface area contributed by atoms with Crippen molar-refractivity contribution in [1.29, 1.82) is 0 Å². The predicted octanol–water partition coefficient (Wildman–Crippen LogP) is 3.05. The van der Waals surface area contributed by atoms with Crippen LogP contribution in [0.2, 0.25) is 0 Å². The number of methoxy groups -OCH3 is 1. The van der Waals surface area contributed by atoms with E-state index in [0.29, 0.717) is 5.75 Å². The van der Waals surface area contributed by atoms with Crippen LogP contribution in [0.1, 0.15) is 12.5 Å². The summed E-state index contributed by atoms with van der Waals surface area (Å²) in [6.45, 7) is 1.46. The van der Waals surface area contributed by atoms with Crippen LogP contribution in [0, 0.1) is 10.1 Å². The molecule has 0 aliphatic heterocycles. The van der Waals surface area contributed by atoms with Crippen molar-refractivity contribution in [3.8, 4) is 5.75 Å². The van der Waals surface area contributed by atoms with Gasteiger partial charge in [0.1, 0.15) is 5.75 Å². The molecule has 0 N–H and O–H groups in total. The Kier molecular flexibility index (Phi) is 4.37. The van der Waals surface area contributed by atoms with Gasteiger partial charge in [-0.15, -0.1) is 11.8 Å². The number of rotatable bonds is 4. The first-order valence-electron chi connectivity index (χ1n) is 4.63. The van der Waals surface area contributed by atoms with Crippen molar-refractivity contribution in [2.75, 3.05) is 13.4 Å². The monoisotopic (exact) mass is 239 g/mol. The third kappa shape index (κ3) is 3.00. The topological polar surface area (TPSA) is 52.4 Å². The maximum atomic E-state index is 10.5. The maximum Gasteiger partial charge on any atom is 0.243 e. The van der Waals surface area contributed by atoms with Gasteiger partial charge in [0.15, 0.2) is 0 Å². The van der Waals surface area contributed by atoms with E-state index in [1.54, 1.807) is 18.9 Å². The second-order valence-corrected chi connectivity index (χ2v) is 4.03. The van der Waals surface area contributed by atoms with Crippen molar-refractivity contribution in [3.63, 3.8) is 0 Å². The third-order valence-corrected chi connectivity index (χ3v) is 2.82. The number of nitro groups is 1. The molecule has 4 nitrogen and oxygen atoms in total. The number of nitrogens with zero attached hydrogens (tertiary/aromatic N) is 1. The van der Waals surface area contributed by atoms with E-state index in [4.69, 9.17) is 4.74 Å². The summed E-state index contributed by atoms with van der Waals surface area (Å²) >= 11 is 1.60. The van der Waals surface area contributed by atoms with Crippen molar-refractivity contribution in [2.24, 2.45) is 0 Å². The Labute approximate surface area is 98.5 Å². The summed E-state index contributed by atoms with van der Waals surface area (Å²) in [6, 6.07) is 5.59. The second kappa shape index (κ2) is 5.55. The number of hydrogen-bond acceptors (Lipinski definition) is 4. The van der Waals surface area contributed by atoms with Crippen LogP contribution in [-0.2, 0) is 0 Å². The number of benzene rings is 1. The van der Waals surface area contributed by atoms with Crippen LogP contribution < -0.4 is 4.74 Å². The maximum absolute atomic E-state index is 10.5. The van der Waals surface area contributed by atoms with Crippen molar-refractivity contribution >= 4 is 17.8 Å². The largest absolute Gasteiger partial charge is 0.496 e. The summed E-state index contributed by atoms with van der Waals surface area (Å²) in [5.41, 5.74) is 0.810. The molecule has 0 saturated heterocycles. The van der Waals surface area contributed by atoms with E-state index in [9.17, 15) is 10.1 Å². The molecular formula is C11H13NO3S. The van der Waals surface area contributed by atoms with Crippen molar-refractivity contribution < 1.29 is 9.66 Å². The Hall–Kier alpha value is -1.49. The smallest absolute Gasteiger partial charge is 0.243 e. The lowest BCUT2D eigenvalue weighted by Gasteiger charge is -2.06. The van der Waals surface area contributed by atoms with Gasteiger partial charge >= 0.3 is 0 Å². The van der Waals surface area contributed by atoms with E-state index < -0.39 is 4.92 Å². The van der Waals surface area contributed by atoms with Gasteiger partial charge in [-0.05, 0) is 24.5 Å². The predicted molar refractivity (Wildman–Crippen MR) is 65.4 cm³/mol. The van der Waals surface area contributed by atoms with Crippen LogP contribution >= 0.6 is 11.8 Å². The highest BCUT2D eigenvalue weighted by atomic mass is 32.2. The van der Waals surface area contributed by atoms with Gasteiger partial charge in [0.05, 0.1) is 12.0 Å². The zero-order valence-electron chi connectivity index (χ0n) is 9.39. The lowest BCUT2D eigenvalue weighted by Crippen LogP contribution is -1.94. The van der Waals surface area contributed by atoms with E-state index in [-0.39, 0.29) is 5.70 Å². The molecule has 1 rings (SSSR count). The SMILES string of the molecule is COc1cc(SC)ccc1/C=C(/C)[N+](=O)[O-]. The van der Waals surface area contributed by atoms with Crippen LogP contribution in [0.3, 0.4) is 0 Å². The third-order valence-electron chi connectivity index (χ3n) is 2.09. The van der Waals surface area contributed by atoms with Gasteiger partial charge in [0, 0.05) is 23.5 Å². The van der Waals surface area contributed by atoms with Gasteiger partial charge in [0.2, 0.25) is 5.70 Å². The molecule has 0 heterocycles. The van der Waals surface area contributed by atoms with Crippen LogP contribution in [0.25, 0.3) is 6.08 Å². The van der Waals surface area contributed by atoms with E-state index in [2.05, 4.69) is 0 Å². The summed E-state index contributed by atoms with van der Waals surface area (Å²) in [6.07, 6.45) is 3.47. The lowest BCUT2D eigenvalue weighted by atomic mass is 10.2. The number of ether oxygens (including phenoxy) is 1. The zero-order chi connectivity index (χ0) is 12.1. The van der Waals surface area contributed by atoms with Gasteiger partial charge in [-0.2, -0.15) is 0 Å². The molecule has 1 aromatic carbocycles. The first-order chi connectivity index (χ1) is 7.58. The highest BCUT2D eigenvalue weighted by Gasteiger charge is 2.07. The number of allylic oxidation sites excluding steroid dienone is 1. The quantitative estimate of drug-likeness (QED) is 0.460. The Balaban J connectivity index is 3.14. The molecular weight excluding hydrogens is 226 g/mol. The molecule has 0 amide bonds. The van der Waals surface area contributed by atoms with Gasteiger partial charge < -0.3 is 4.74 Å². The van der Waals surface area contributed by atoms with E-state index in [0.717, 1.165) is 10.5 Å². The minimum Gasteiger partial charge on any atom is -0.496 e.